The van der Waals surface area contributed by atoms with Gasteiger partial charge in [0.05, 0.1) is 11.9 Å². The minimum Gasteiger partial charge on any atom is -0.290 e. The highest BCUT2D eigenvalue weighted by molar-refractivity contribution is 6.29. The Morgan fingerprint density at radius 2 is 2.12 bits per heavy atom. The van der Waals surface area contributed by atoms with Crippen LogP contribution in [-0.2, 0) is 7.05 Å². The molecule has 3 aromatic rings. The van der Waals surface area contributed by atoms with Crippen LogP contribution in [0.3, 0.4) is 0 Å². The summed E-state index contributed by atoms with van der Waals surface area (Å²) >= 11 is 6.02. The number of imidazole rings is 1. The molecule has 0 aliphatic carbocycles. The molecule has 0 radical (unpaired) electrons. The molecular formula is C11H9ClN4. The first kappa shape index (κ1) is 9.42. The summed E-state index contributed by atoms with van der Waals surface area (Å²) in [6.07, 6.45) is 5.38. The van der Waals surface area contributed by atoms with Crippen molar-refractivity contribution in [2.24, 2.45) is 7.05 Å². The maximum Gasteiger partial charge on any atom is 0.137 e. The molecule has 0 aliphatic rings. The number of nitrogens with zero attached hydrogens (tertiary/aromatic N) is 4. The van der Waals surface area contributed by atoms with Gasteiger partial charge in [-0.1, -0.05) is 11.6 Å². The molecule has 0 bridgehead atoms. The summed E-state index contributed by atoms with van der Waals surface area (Å²) in [5.74, 6) is 0. The molecule has 0 saturated heterocycles. The highest BCUT2D eigenvalue weighted by Crippen LogP contribution is 2.21. The van der Waals surface area contributed by atoms with Gasteiger partial charge in [0.15, 0.2) is 0 Å². The van der Waals surface area contributed by atoms with Crippen LogP contribution < -0.4 is 0 Å². The molecule has 0 saturated carbocycles. The number of hydrogen-bond donors (Lipinski definition) is 0. The zero-order valence-electron chi connectivity index (χ0n) is 8.63. The van der Waals surface area contributed by atoms with Crippen molar-refractivity contribution < 1.29 is 0 Å². The highest BCUT2D eigenvalue weighted by atomic mass is 35.5. The molecule has 3 rings (SSSR count). The summed E-state index contributed by atoms with van der Waals surface area (Å²) in [5.41, 5.74) is 2.95. The van der Waals surface area contributed by atoms with E-state index in [4.69, 9.17) is 11.6 Å². The van der Waals surface area contributed by atoms with Crippen LogP contribution in [0.15, 0.2) is 36.8 Å². The summed E-state index contributed by atoms with van der Waals surface area (Å²) in [6, 6.07) is 5.91. The molecule has 0 aliphatic heterocycles. The fourth-order valence-corrected chi connectivity index (χ4v) is 1.94. The molecule has 0 atom stereocenters. The Morgan fingerprint density at radius 3 is 2.88 bits per heavy atom. The van der Waals surface area contributed by atoms with Crippen molar-refractivity contribution in [3.63, 3.8) is 0 Å². The molecule has 5 heteroatoms. The lowest BCUT2D eigenvalue weighted by Crippen LogP contribution is -1.94. The summed E-state index contributed by atoms with van der Waals surface area (Å²) in [4.78, 5) is 4.17. The van der Waals surface area contributed by atoms with Crippen molar-refractivity contribution in [3.8, 4) is 11.3 Å². The Hall–Kier alpha value is -1.81. The lowest BCUT2D eigenvalue weighted by Gasteiger charge is -2.03. The Bertz CT molecular complexity index is 653. The van der Waals surface area contributed by atoms with Gasteiger partial charge in [-0.3, -0.25) is 9.08 Å². The van der Waals surface area contributed by atoms with Crippen LogP contribution in [0, 0.1) is 0 Å². The normalized spacial score (nSPS) is 11.1. The van der Waals surface area contributed by atoms with E-state index < -0.39 is 0 Å². The summed E-state index contributed by atoms with van der Waals surface area (Å²) in [7, 11) is 1.91. The maximum atomic E-state index is 6.02. The molecule has 0 spiro atoms. The summed E-state index contributed by atoms with van der Waals surface area (Å²) in [6.45, 7) is 0. The van der Waals surface area contributed by atoms with Crippen LogP contribution in [0.5, 0.6) is 0 Å². The number of aromatic nitrogens is 4. The lowest BCUT2D eigenvalue weighted by molar-refractivity contribution is 0.775. The average Bonchev–Trinajstić information content (AvgIpc) is 2.86. The minimum atomic E-state index is 0.610. The second-order valence-corrected chi connectivity index (χ2v) is 3.95. The molecule has 0 unspecified atom stereocenters. The molecule has 0 N–H and O–H groups in total. The number of fused-ring (bicyclic) bond motifs is 1. The van der Waals surface area contributed by atoms with Crippen LogP contribution in [0.4, 0.5) is 0 Å². The van der Waals surface area contributed by atoms with E-state index in [-0.39, 0.29) is 0 Å². The molecule has 0 fully saturated rings. The summed E-state index contributed by atoms with van der Waals surface area (Å²) in [5, 5.41) is 4.75. The van der Waals surface area contributed by atoms with Gasteiger partial charge in [-0.15, -0.1) is 0 Å². The van der Waals surface area contributed by atoms with Gasteiger partial charge < -0.3 is 0 Å². The van der Waals surface area contributed by atoms with Crippen molar-refractivity contribution in [1.29, 1.82) is 0 Å². The summed E-state index contributed by atoms with van der Waals surface area (Å²) < 4.78 is 3.68. The van der Waals surface area contributed by atoms with E-state index in [0.29, 0.717) is 5.15 Å². The molecule has 16 heavy (non-hydrogen) atoms. The second kappa shape index (κ2) is 3.35. The van der Waals surface area contributed by atoms with Gasteiger partial charge >= 0.3 is 0 Å². The van der Waals surface area contributed by atoms with Crippen molar-refractivity contribution in [2.75, 3.05) is 0 Å². The van der Waals surface area contributed by atoms with E-state index in [9.17, 15) is 0 Å². The topological polar surface area (TPSA) is 35.1 Å². The largest absolute Gasteiger partial charge is 0.290 e. The van der Waals surface area contributed by atoms with Crippen molar-refractivity contribution in [2.45, 2.75) is 0 Å². The standard InChI is InChI=1S/C11H9ClN4/c1-15-9(4-5-14-15)8-2-3-11-13-6-10(12)16(11)7-8/h2-7H,1H3. The lowest BCUT2D eigenvalue weighted by atomic mass is 10.2. The fourth-order valence-electron chi connectivity index (χ4n) is 1.76. The average molecular weight is 233 g/mol. The number of hydrogen-bond acceptors (Lipinski definition) is 2. The second-order valence-electron chi connectivity index (χ2n) is 3.57. The van der Waals surface area contributed by atoms with Gasteiger partial charge in [0.2, 0.25) is 0 Å². The van der Waals surface area contributed by atoms with Crippen LogP contribution >= 0.6 is 11.6 Å². The number of halogens is 1. The maximum absolute atomic E-state index is 6.02. The van der Waals surface area contributed by atoms with E-state index in [0.717, 1.165) is 16.9 Å². The molecule has 3 heterocycles. The predicted octanol–water partition coefficient (Wildman–Crippen LogP) is 2.39. The number of aryl methyl sites for hydroxylation is 1. The molecule has 3 aromatic heterocycles. The van der Waals surface area contributed by atoms with Crippen molar-refractivity contribution >= 4 is 17.2 Å². The SMILES string of the molecule is Cn1nccc1-c1ccc2ncc(Cl)n2c1. The zero-order valence-corrected chi connectivity index (χ0v) is 9.39. The van der Waals surface area contributed by atoms with E-state index >= 15 is 0 Å². The predicted molar refractivity (Wildman–Crippen MR) is 62.4 cm³/mol. The van der Waals surface area contributed by atoms with Gasteiger partial charge in [-0.05, 0) is 18.2 Å². The molecule has 4 nitrogen and oxygen atoms in total. The van der Waals surface area contributed by atoms with Crippen LogP contribution in [0.1, 0.15) is 0 Å². The third-order valence-corrected chi connectivity index (χ3v) is 2.86. The van der Waals surface area contributed by atoms with E-state index in [2.05, 4.69) is 10.1 Å². The molecule has 80 valence electrons. The number of rotatable bonds is 1. The first-order valence-corrected chi connectivity index (χ1v) is 5.24. The number of pyridine rings is 1. The third-order valence-electron chi connectivity index (χ3n) is 2.58. The molecular weight excluding hydrogens is 224 g/mol. The van der Waals surface area contributed by atoms with Crippen LogP contribution in [0.25, 0.3) is 16.9 Å². The Balaban J connectivity index is 2.25. The highest BCUT2D eigenvalue weighted by Gasteiger charge is 2.05. The van der Waals surface area contributed by atoms with Crippen LogP contribution in [-0.4, -0.2) is 19.2 Å². The molecule has 0 aromatic carbocycles. The van der Waals surface area contributed by atoms with Gasteiger partial charge in [0.25, 0.3) is 0 Å². The van der Waals surface area contributed by atoms with E-state index in [1.807, 2.05) is 40.5 Å². The van der Waals surface area contributed by atoms with Gasteiger partial charge in [-0.25, -0.2) is 4.98 Å². The Kier molecular flexibility index (Phi) is 1.97. The fraction of sp³-hybridized carbons (Fsp3) is 0.0909. The third kappa shape index (κ3) is 1.31. The zero-order chi connectivity index (χ0) is 11.1. The van der Waals surface area contributed by atoms with Gasteiger partial charge in [-0.2, -0.15) is 5.10 Å². The quantitative estimate of drug-likeness (QED) is 0.646. The smallest absolute Gasteiger partial charge is 0.137 e. The van der Waals surface area contributed by atoms with Crippen molar-refractivity contribution in [1.82, 2.24) is 19.2 Å². The van der Waals surface area contributed by atoms with Gasteiger partial charge in [0, 0.05) is 25.0 Å². The van der Waals surface area contributed by atoms with Crippen molar-refractivity contribution in [3.05, 3.63) is 41.9 Å². The van der Waals surface area contributed by atoms with Crippen LogP contribution in [0.2, 0.25) is 5.15 Å². The molecule has 0 amide bonds. The van der Waals surface area contributed by atoms with Gasteiger partial charge in [0.1, 0.15) is 10.8 Å². The Labute approximate surface area is 97.1 Å². The Morgan fingerprint density at radius 1 is 1.25 bits per heavy atom. The van der Waals surface area contributed by atoms with E-state index in [1.165, 1.54) is 0 Å². The minimum absolute atomic E-state index is 0.610. The first-order valence-electron chi connectivity index (χ1n) is 4.87. The van der Waals surface area contributed by atoms with E-state index in [1.54, 1.807) is 12.4 Å². The first-order chi connectivity index (χ1) is 7.75. The monoisotopic (exact) mass is 232 g/mol.